The lowest BCUT2D eigenvalue weighted by molar-refractivity contribution is -0.151. The normalized spacial score (nSPS) is 29.2. The van der Waals surface area contributed by atoms with Crippen LogP contribution in [0.5, 0.6) is 5.75 Å². The number of methoxy groups -OCH3 is 1. The molecule has 0 aromatic heterocycles. The number of hydrogen-bond donors (Lipinski definition) is 1. The maximum atomic E-state index is 12.6. The highest BCUT2D eigenvalue weighted by Gasteiger charge is 2.61. The second-order valence-electron chi connectivity index (χ2n) is 7.98. The van der Waals surface area contributed by atoms with E-state index in [4.69, 9.17) is 9.47 Å². The molecule has 1 aromatic rings. The van der Waals surface area contributed by atoms with E-state index in [-0.39, 0.29) is 48.9 Å². The fourth-order valence-electron chi connectivity index (χ4n) is 4.81. The molecule has 31 heavy (non-hydrogen) atoms. The number of nitrogens with one attached hydrogen (secondary N) is 1. The van der Waals surface area contributed by atoms with Gasteiger partial charge in [-0.1, -0.05) is 24.3 Å². The summed E-state index contributed by atoms with van der Waals surface area (Å²) >= 11 is 0. The third-order valence-electron chi connectivity index (χ3n) is 6.31. The summed E-state index contributed by atoms with van der Waals surface area (Å²) in [6, 6.07) is 7.87. The standard InChI is InChI=1S/C21H24N4O5.ClH/c1-29-14-5-3-2-4-13(14)24-10-8-23(9-11-24)12-17(26)22-25-20(27)18-15-6-7-16(30-15)19(18)21(25)28;/h2-7,15-16,18-19H,8-12H2,1H3,(H,22,26);1H. The molecule has 2 bridgehead atoms. The number of hydrogen-bond acceptors (Lipinski definition) is 7. The van der Waals surface area contributed by atoms with Crippen LogP contribution in [0.3, 0.4) is 0 Å². The Morgan fingerprint density at radius 3 is 2.29 bits per heavy atom. The van der Waals surface area contributed by atoms with Crippen molar-refractivity contribution in [2.45, 2.75) is 12.2 Å². The molecular weight excluding hydrogens is 424 g/mol. The van der Waals surface area contributed by atoms with Crippen LogP contribution in [0.25, 0.3) is 0 Å². The Labute approximate surface area is 186 Å². The quantitative estimate of drug-likeness (QED) is 0.508. The van der Waals surface area contributed by atoms with Gasteiger partial charge in [-0.05, 0) is 12.1 Å². The molecular formula is C21H25ClN4O5. The van der Waals surface area contributed by atoms with Gasteiger partial charge in [-0.2, -0.15) is 5.01 Å². The first-order valence-electron chi connectivity index (χ1n) is 10.2. The third-order valence-corrected chi connectivity index (χ3v) is 6.31. The second-order valence-corrected chi connectivity index (χ2v) is 7.98. The van der Waals surface area contributed by atoms with Crippen LogP contribution in [0.2, 0.25) is 0 Å². The predicted molar refractivity (Wildman–Crippen MR) is 114 cm³/mol. The molecule has 3 amide bonds. The first kappa shape index (κ1) is 21.6. The number of para-hydroxylation sites is 2. The van der Waals surface area contributed by atoms with E-state index in [1.165, 1.54) is 0 Å². The predicted octanol–water partition coefficient (Wildman–Crippen LogP) is 0.209. The van der Waals surface area contributed by atoms with Crippen molar-refractivity contribution in [3.05, 3.63) is 36.4 Å². The van der Waals surface area contributed by atoms with Crippen LogP contribution in [0.1, 0.15) is 0 Å². The Morgan fingerprint density at radius 1 is 1.06 bits per heavy atom. The molecule has 166 valence electrons. The van der Waals surface area contributed by atoms with Gasteiger partial charge in [0.05, 0.1) is 43.4 Å². The Kier molecular flexibility index (Phi) is 5.92. The lowest BCUT2D eigenvalue weighted by Crippen LogP contribution is -2.53. The minimum absolute atomic E-state index is 0. The van der Waals surface area contributed by atoms with E-state index in [1.54, 1.807) is 7.11 Å². The van der Waals surface area contributed by atoms with Gasteiger partial charge in [0.25, 0.3) is 17.7 Å². The zero-order valence-electron chi connectivity index (χ0n) is 17.1. The van der Waals surface area contributed by atoms with Gasteiger partial charge in [-0.25, -0.2) is 0 Å². The molecule has 1 N–H and O–H groups in total. The number of benzene rings is 1. The van der Waals surface area contributed by atoms with Crippen LogP contribution in [-0.4, -0.2) is 79.7 Å². The van der Waals surface area contributed by atoms with Gasteiger partial charge in [-0.15, -0.1) is 12.4 Å². The van der Waals surface area contributed by atoms with Gasteiger partial charge in [-0.3, -0.25) is 24.7 Å². The number of piperazine rings is 1. The number of fused-ring (bicyclic) bond motifs is 5. The second kappa shape index (κ2) is 8.49. The molecule has 0 saturated carbocycles. The molecule has 3 fully saturated rings. The van der Waals surface area contributed by atoms with Gasteiger partial charge >= 0.3 is 0 Å². The Balaban J connectivity index is 0.00000231. The molecule has 4 aliphatic heterocycles. The maximum Gasteiger partial charge on any atom is 0.255 e. The van der Waals surface area contributed by atoms with E-state index in [0.717, 1.165) is 29.5 Å². The summed E-state index contributed by atoms with van der Waals surface area (Å²) in [4.78, 5) is 42.0. The molecule has 4 atom stereocenters. The highest BCUT2D eigenvalue weighted by Crippen LogP contribution is 2.44. The van der Waals surface area contributed by atoms with E-state index in [2.05, 4.69) is 10.3 Å². The molecule has 0 spiro atoms. The molecule has 5 rings (SSSR count). The average molecular weight is 449 g/mol. The zero-order chi connectivity index (χ0) is 20.8. The highest BCUT2D eigenvalue weighted by atomic mass is 35.5. The van der Waals surface area contributed by atoms with E-state index < -0.39 is 11.8 Å². The molecule has 1 aromatic carbocycles. The van der Waals surface area contributed by atoms with Crippen molar-refractivity contribution < 1.29 is 23.9 Å². The highest BCUT2D eigenvalue weighted by molar-refractivity contribution is 6.07. The van der Waals surface area contributed by atoms with Gasteiger partial charge in [0.1, 0.15) is 5.75 Å². The van der Waals surface area contributed by atoms with Crippen molar-refractivity contribution in [3.63, 3.8) is 0 Å². The number of carbonyl (C=O) groups excluding carboxylic acids is 3. The fourth-order valence-corrected chi connectivity index (χ4v) is 4.81. The van der Waals surface area contributed by atoms with Crippen molar-refractivity contribution >= 4 is 35.8 Å². The van der Waals surface area contributed by atoms with Crippen LogP contribution in [-0.2, 0) is 19.1 Å². The average Bonchev–Trinajstić information content (AvgIpc) is 3.44. The van der Waals surface area contributed by atoms with Crippen molar-refractivity contribution in [2.24, 2.45) is 11.8 Å². The van der Waals surface area contributed by atoms with Crippen LogP contribution in [0, 0.1) is 11.8 Å². The van der Waals surface area contributed by atoms with Crippen molar-refractivity contribution in [3.8, 4) is 5.75 Å². The first-order valence-corrected chi connectivity index (χ1v) is 10.2. The monoisotopic (exact) mass is 448 g/mol. The molecule has 3 saturated heterocycles. The number of imide groups is 1. The summed E-state index contributed by atoms with van der Waals surface area (Å²) < 4.78 is 11.0. The van der Waals surface area contributed by atoms with Crippen molar-refractivity contribution in [1.82, 2.24) is 15.3 Å². The van der Waals surface area contributed by atoms with E-state index >= 15 is 0 Å². The zero-order valence-corrected chi connectivity index (χ0v) is 17.9. The molecule has 4 aliphatic rings. The Morgan fingerprint density at radius 2 is 1.68 bits per heavy atom. The summed E-state index contributed by atoms with van der Waals surface area (Å²) in [6.07, 6.45) is 2.93. The fraction of sp³-hybridized carbons (Fsp3) is 0.476. The number of ether oxygens (including phenoxy) is 2. The smallest absolute Gasteiger partial charge is 0.255 e. The lowest BCUT2D eigenvalue weighted by Gasteiger charge is -2.36. The third kappa shape index (κ3) is 3.66. The Hall–Kier alpha value is -2.62. The molecule has 9 nitrogen and oxygen atoms in total. The van der Waals surface area contributed by atoms with Crippen LogP contribution >= 0.6 is 12.4 Å². The van der Waals surface area contributed by atoms with Crippen LogP contribution < -0.4 is 15.1 Å². The molecule has 4 unspecified atom stereocenters. The maximum absolute atomic E-state index is 12.6. The van der Waals surface area contributed by atoms with Gasteiger partial charge in [0.2, 0.25) is 0 Å². The van der Waals surface area contributed by atoms with Crippen molar-refractivity contribution in [1.29, 1.82) is 0 Å². The van der Waals surface area contributed by atoms with Gasteiger partial charge in [0.15, 0.2) is 0 Å². The van der Waals surface area contributed by atoms with E-state index in [0.29, 0.717) is 13.1 Å². The summed E-state index contributed by atoms with van der Waals surface area (Å²) in [5.41, 5.74) is 3.56. The molecule has 10 heteroatoms. The minimum atomic E-state index is -0.516. The number of rotatable bonds is 5. The van der Waals surface area contributed by atoms with E-state index in [1.807, 2.05) is 41.3 Å². The largest absolute Gasteiger partial charge is 0.495 e. The van der Waals surface area contributed by atoms with Gasteiger partial charge < -0.3 is 14.4 Å². The van der Waals surface area contributed by atoms with Crippen LogP contribution in [0.4, 0.5) is 5.69 Å². The Bertz CT molecular complexity index is 887. The molecule has 0 radical (unpaired) electrons. The SMILES string of the molecule is COc1ccccc1N1CCN(CC(=O)NN2C(=O)C3C4C=CC(O4)C3C2=O)CC1.Cl. The molecule has 4 heterocycles. The summed E-state index contributed by atoms with van der Waals surface area (Å²) in [7, 11) is 1.65. The topological polar surface area (TPSA) is 91.4 Å². The summed E-state index contributed by atoms with van der Waals surface area (Å²) in [6.45, 7) is 3.03. The number of nitrogens with zero attached hydrogens (tertiary/aromatic N) is 3. The summed E-state index contributed by atoms with van der Waals surface area (Å²) in [5.74, 6) is -1.32. The first-order chi connectivity index (χ1) is 14.6. The van der Waals surface area contributed by atoms with Gasteiger partial charge in [0, 0.05) is 26.2 Å². The number of anilines is 1. The molecule has 0 aliphatic carbocycles. The number of halogens is 1. The van der Waals surface area contributed by atoms with Crippen LogP contribution in [0.15, 0.2) is 36.4 Å². The number of hydrazine groups is 1. The summed E-state index contributed by atoms with van der Waals surface area (Å²) in [5, 5.41) is 0.901. The minimum Gasteiger partial charge on any atom is -0.495 e. The number of amides is 3. The van der Waals surface area contributed by atoms with Crippen molar-refractivity contribution in [2.75, 3.05) is 44.7 Å². The lowest BCUT2D eigenvalue weighted by atomic mass is 9.85. The van der Waals surface area contributed by atoms with E-state index in [9.17, 15) is 14.4 Å². The number of carbonyl (C=O) groups is 3.